The molecule has 0 amide bonds. The van der Waals surface area contributed by atoms with E-state index in [1.165, 1.54) is 7.11 Å². The fraction of sp³-hybridized carbons (Fsp3) is 0.176. The third kappa shape index (κ3) is 1.93. The van der Waals surface area contributed by atoms with Gasteiger partial charge < -0.3 is 14.2 Å². The van der Waals surface area contributed by atoms with E-state index in [1.54, 1.807) is 36.4 Å². The number of esters is 2. The van der Waals surface area contributed by atoms with Gasteiger partial charge in [0, 0.05) is 16.1 Å². The van der Waals surface area contributed by atoms with Gasteiger partial charge in [0.05, 0.1) is 19.1 Å². The molecule has 2 heterocycles. The molecular formula is C17H11ClO5. The number of methoxy groups -OCH3 is 1. The number of ether oxygens (including phenoxy) is 3. The van der Waals surface area contributed by atoms with Crippen LogP contribution in [0.5, 0.6) is 11.5 Å². The highest BCUT2D eigenvalue weighted by Crippen LogP contribution is 2.51. The van der Waals surface area contributed by atoms with Gasteiger partial charge in [-0.1, -0.05) is 17.7 Å². The van der Waals surface area contributed by atoms with Gasteiger partial charge in [0.1, 0.15) is 11.5 Å². The van der Waals surface area contributed by atoms with Crippen molar-refractivity contribution in [2.75, 3.05) is 7.11 Å². The molecule has 0 fully saturated rings. The van der Waals surface area contributed by atoms with Crippen molar-refractivity contribution in [3.63, 3.8) is 0 Å². The van der Waals surface area contributed by atoms with Crippen LogP contribution in [0.1, 0.15) is 27.9 Å². The minimum Gasteiger partial charge on any atom is -0.497 e. The first-order valence-electron chi connectivity index (χ1n) is 6.96. The highest BCUT2D eigenvalue weighted by molar-refractivity contribution is 6.30. The van der Waals surface area contributed by atoms with E-state index in [1.807, 2.05) is 0 Å². The molecule has 0 N–H and O–H groups in total. The Balaban J connectivity index is 1.99. The Morgan fingerprint density at radius 2 is 1.96 bits per heavy atom. The summed E-state index contributed by atoms with van der Waals surface area (Å²) in [6, 6.07) is 9.96. The average molecular weight is 331 g/mol. The molecule has 1 spiro atoms. The van der Waals surface area contributed by atoms with E-state index in [-0.39, 0.29) is 6.42 Å². The second-order valence-corrected chi connectivity index (χ2v) is 5.86. The molecule has 1 atom stereocenters. The molecule has 0 saturated heterocycles. The lowest BCUT2D eigenvalue weighted by atomic mass is 9.81. The third-order valence-corrected chi connectivity index (χ3v) is 4.38. The second-order valence-electron chi connectivity index (χ2n) is 5.42. The molecule has 23 heavy (non-hydrogen) atoms. The summed E-state index contributed by atoms with van der Waals surface area (Å²) in [7, 11) is 1.52. The predicted octanol–water partition coefficient (Wildman–Crippen LogP) is 3.07. The highest BCUT2D eigenvalue weighted by Gasteiger charge is 2.53. The molecule has 0 aromatic heterocycles. The van der Waals surface area contributed by atoms with Gasteiger partial charge >= 0.3 is 11.9 Å². The predicted molar refractivity (Wildman–Crippen MR) is 80.9 cm³/mol. The lowest BCUT2D eigenvalue weighted by Gasteiger charge is -2.33. The maximum absolute atomic E-state index is 12.3. The zero-order valence-corrected chi connectivity index (χ0v) is 12.8. The fourth-order valence-electron chi connectivity index (χ4n) is 3.13. The largest absolute Gasteiger partial charge is 0.497 e. The standard InChI is InChI=1S/C17H11ClO5/c1-21-10-3-4-12-11(7-10)16(20)23-17(12)8-15(19)22-14-5-2-9(18)6-13(14)17/h2-7H,8H2,1H3. The first-order chi connectivity index (χ1) is 11.0. The van der Waals surface area contributed by atoms with E-state index in [0.29, 0.717) is 33.2 Å². The molecule has 2 aromatic carbocycles. The maximum Gasteiger partial charge on any atom is 0.339 e. The van der Waals surface area contributed by atoms with Gasteiger partial charge in [-0.3, -0.25) is 4.79 Å². The number of benzene rings is 2. The van der Waals surface area contributed by atoms with Gasteiger partial charge in [-0.05, 0) is 30.3 Å². The molecule has 2 aliphatic heterocycles. The summed E-state index contributed by atoms with van der Waals surface area (Å²) in [5.74, 6) is -0.0691. The van der Waals surface area contributed by atoms with E-state index in [0.717, 1.165) is 0 Å². The summed E-state index contributed by atoms with van der Waals surface area (Å²) in [6.45, 7) is 0. The van der Waals surface area contributed by atoms with Crippen molar-refractivity contribution in [2.24, 2.45) is 0 Å². The number of carbonyl (C=O) groups is 2. The van der Waals surface area contributed by atoms with E-state index in [9.17, 15) is 9.59 Å². The van der Waals surface area contributed by atoms with Crippen LogP contribution >= 0.6 is 11.6 Å². The minimum atomic E-state index is -1.20. The molecule has 1 unspecified atom stereocenters. The van der Waals surface area contributed by atoms with E-state index in [2.05, 4.69) is 0 Å². The van der Waals surface area contributed by atoms with Crippen molar-refractivity contribution in [1.29, 1.82) is 0 Å². The smallest absolute Gasteiger partial charge is 0.339 e. The molecular weight excluding hydrogens is 320 g/mol. The van der Waals surface area contributed by atoms with Crippen LogP contribution in [0.4, 0.5) is 0 Å². The zero-order valence-electron chi connectivity index (χ0n) is 12.1. The van der Waals surface area contributed by atoms with Gasteiger partial charge in [-0.2, -0.15) is 0 Å². The van der Waals surface area contributed by atoms with Gasteiger partial charge in [0.15, 0.2) is 5.60 Å². The molecule has 5 nitrogen and oxygen atoms in total. The van der Waals surface area contributed by atoms with Crippen LogP contribution in [0, 0.1) is 0 Å². The lowest BCUT2D eigenvalue weighted by Crippen LogP contribution is -2.37. The summed E-state index contributed by atoms with van der Waals surface area (Å²) in [5, 5.41) is 0.471. The molecule has 116 valence electrons. The quantitative estimate of drug-likeness (QED) is 0.594. The minimum absolute atomic E-state index is 0.0919. The molecule has 0 saturated carbocycles. The molecule has 4 rings (SSSR count). The number of halogens is 1. The van der Waals surface area contributed by atoms with Crippen LogP contribution in [-0.2, 0) is 15.1 Å². The van der Waals surface area contributed by atoms with Crippen LogP contribution in [0.25, 0.3) is 0 Å². The molecule has 0 bridgehead atoms. The third-order valence-electron chi connectivity index (χ3n) is 4.14. The molecule has 6 heteroatoms. The van der Waals surface area contributed by atoms with Gasteiger partial charge in [-0.15, -0.1) is 0 Å². The Morgan fingerprint density at radius 3 is 2.74 bits per heavy atom. The van der Waals surface area contributed by atoms with Crippen molar-refractivity contribution < 1.29 is 23.8 Å². The van der Waals surface area contributed by atoms with Gasteiger partial charge in [0.2, 0.25) is 0 Å². The first kappa shape index (κ1) is 14.1. The normalized spacial score (nSPS) is 21.5. The Hall–Kier alpha value is -2.53. The topological polar surface area (TPSA) is 61.8 Å². The Labute approximate surface area is 136 Å². The highest BCUT2D eigenvalue weighted by atomic mass is 35.5. The molecule has 0 radical (unpaired) electrons. The molecule has 2 aromatic rings. The maximum atomic E-state index is 12.3. The van der Waals surface area contributed by atoms with E-state index >= 15 is 0 Å². The van der Waals surface area contributed by atoms with Crippen LogP contribution in [0.15, 0.2) is 36.4 Å². The number of hydrogen-bond acceptors (Lipinski definition) is 5. The SMILES string of the molecule is COc1ccc2c(c1)C(=O)OC21CC(=O)Oc2ccc(Cl)cc21. The first-order valence-corrected chi connectivity index (χ1v) is 7.34. The summed E-state index contributed by atoms with van der Waals surface area (Å²) in [5.41, 5.74) is 0.365. The number of rotatable bonds is 1. The van der Waals surface area contributed by atoms with Crippen LogP contribution in [0.3, 0.4) is 0 Å². The van der Waals surface area contributed by atoms with Crippen molar-refractivity contribution in [3.05, 3.63) is 58.1 Å². The zero-order chi connectivity index (χ0) is 16.2. The Morgan fingerprint density at radius 1 is 1.13 bits per heavy atom. The van der Waals surface area contributed by atoms with Crippen molar-refractivity contribution in [1.82, 2.24) is 0 Å². The van der Waals surface area contributed by atoms with E-state index < -0.39 is 17.5 Å². The number of hydrogen-bond donors (Lipinski definition) is 0. The Bertz CT molecular complexity index is 860. The number of fused-ring (bicyclic) bond motifs is 4. The van der Waals surface area contributed by atoms with Gasteiger partial charge in [-0.25, -0.2) is 4.79 Å². The second kappa shape index (κ2) is 4.73. The Kier molecular flexibility index (Phi) is 2.90. The van der Waals surface area contributed by atoms with Crippen molar-refractivity contribution in [3.8, 4) is 11.5 Å². The van der Waals surface area contributed by atoms with Crippen LogP contribution < -0.4 is 9.47 Å². The average Bonchev–Trinajstić information content (AvgIpc) is 2.80. The van der Waals surface area contributed by atoms with Crippen LogP contribution in [-0.4, -0.2) is 19.0 Å². The van der Waals surface area contributed by atoms with Gasteiger partial charge in [0.25, 0.3) is 0 Å². The summed E-state index contributed by atoms with van der Waals surface area (Å²) in [4.78, 5) is 24.4. The monoisotopic (exact) mass is 330 g/mol. The summed E-state index contributed by atoms with van der Waals surface area (Å²) < 4.78 is 16.1. The van der Waals surface area contributed by atoms with Crippen molar-refractivity contribution >= 4 is 23.5 Å². The van der Waals surface area contributed by atoms with E-state index in [4.69, 9.17) is 25.8 Å². The lowest BCUT2D eigenvalue weighted by molar-refractivity contribution is -0.141. The number of carbonyl (C=O) groups excluding carboxylic acids is 2. The molecule has 0 aliphatic carbocycles. The molecule has 2 aliphatic rings. The van der Waals surface area contributed by atoms with Crippen molar-refractivity contribution in [2.45, 2.75) is 12.0 Å². The van der Waals surface area contributed by atoms with Crippen LogP contribution in [0.2, 0.25) is 5.02 Å². The fourth-order valence-corrected chi connectivity index (χ4v) is 3.31. The summed E-state index contributed by atoms with van der Waals surface area (Å²) in [6.07, 6.45) is -0.0919. The summed E-state index contributed by atoms with van der Waals surface area (Å²) >= 11 is 6.08.